The topological polar surface area (TPSA) is 26.8 Å². The number of piperazine rings is 1. The number of amides is 1. The summed E-state index contributed by atoms with van der Waals surface area (Å²) in [6.45, 7) is 6.29. The molecular formula is C16H24FN3O. The van der Waals surface area contributed by atoms with E-state index >= 15 is 0 Å². The Kier molecular flexibility index (Phi) is 5.31. The highest BCUT2D eigenvalue weighted by Crippen LogP contribution is 2.21. The second kappa shape index (κ2) is 7.00. The molecule has 0 N–H and O–H groups in total. The number of likely N-dealkylation sites (N-methyl/N-ethyl adjacent to an activating group) is 1. The molecule has 116 valence electrons. The number of benzene rings is 1. The summed E-state index contributed by atoms with van der Waals surface area (Å²) in [6.07, 6.45) is 0. The fourth-order valence-corrected chi connectivity index (χ4v) is 2.59. The van der Waals surface area contributed by atoms with Crippen molar-refractivity contribution >= 4 is 5.91 Å². The lowest BCUT2D eigenvalue weighted by Gasteiger charge is -2.38. The lowest BCUT2D eigenvalue weighted by Crippen LogP contribution is -2.49. The Morgan fingerprint density at radius 2 is 1.76 bits per heavy atom. The summed E-state index contributed by atoms with van der Waals surface area (Å²) >= 11 is 0. The molecule has 1 aromatic rings. The summed E-state index contributed by atoms with van der Waals surface area (Å²) in [6, 6.07) is 7.00. The van der Waals surface area contributed by atoms with Gasteiger partial charge in [0, 0.05) is 46.3 Å². The largest absolute Gasteiger partial charge is 0.348 e. The molecule has 1 amide bonds. The first-order valence-electron chi connectivity index (χ1n) is 7.39. The first kappa shape index (κ1) is 15.9. The van der Waals surface area contributed by atoms with Crippen molar-refractivity contribution in [2.75, 3.05) is 46.8 Å². The van der Waals surface area contributed by atoms with E-state index in [4.69, 9.17) is 0 Å². The van der Waals surface area contributed by atoms with E-state index in [0.717, 1.165) is 31.7 Å². The van der Waals surface area contributed by atoms with Gasteiger partial charge in [-0.1, -0.05) is 12.1 Å². The molecule has 1 saturated heterocycles. The van der Waals surface area contributed by atoms with Crippen molar-refractivity contribution in [1.29, 1.82) is 0 Å². The van der Waals surface area contributed by atoms with Gasteiger partial charge in [0.15, 0.2) is 0 Å². The third-order valence-electron chi connectivity index (χ3n) is 4.16. The molecular weight excluding hydrogens is 269 g/mol. The highest BCUT2D eigenvalue weighted by Gasteiger charge is 2.23. The summed E-state index contributed by atoms with van der Waals surface area (Å²) in [5.41, 5.74) is 1.13. The van der Waals surface area contributed by atoms with Crippen LogP contribution in [0.3, 0.4) is 0 Å². The van der Waals surface area contributed by atoms with Gasteiger partial charge in [-0.15, -0.1) is 0 Å². The van der Waals surface area contributed by atoms with Gasteiger partial charge in [-0.05, 0) is 24.6 Å². The number of carbonyl (C=O) groups excluding carboxylic acids is 1. The van der Waals surface area contributed by atoms with Crippen LogP contribution < -0.4 is 0 Å². The number of hydrogen-bond acceptors (Lipinski definition) is 3. The molecule has 5 heteroatoms. The van der Waals surface area contributed by atoms with Gasteiger partial charge in [0.05, 0.1) is 6.54 Å². The third kappa shape index (κ3) is 4.25. The molecule has 21 heavy (non-hydrogen) atoms. The zero-order valence-corrected chi connectivity index (χ0v) is 13.1. The van der Waals surface area contributed by atoms with Crippen molar-refractivity contribution in [3.8, 4) is 0 Å². The van der Waals surface area contributed by atoms with Crippen molar-refractivity contribution in [2.24, 2.45) is 0 Å². The molecule has 0 aromatic heterocycles. The van der Waals surface area contributed by atoms with E-state index in [2.05, 4.69) is 16.7 Å². The summed E-state index contributed by atoms with van der Waals surface area (Å²) in [4.78, 5) is 17.9. The van der Waals surface area contributed by atoms with E-state index in [1.54, 1.807) is 19.0 Å². The lowest BCUT2D eigenvalue weighted by atomic mass is 10.1. The Bertz CT molecular complexity index is 467. The maximum atomic E-state index is 13.0. The fourth-order valence-electron chi connectivity index (χ4n) is 2.59. The standard InChI is InChI=1S/C16H24FN3O/c1-13(14-4-6-15(17)7-5-14)20-10-8-19(9-11-20)12-16(21)18(2)3/h4-7,13H,8-12H2,1-3H3/t13-/m1/s1. The molecule has 0 spiro atoms. The second-order valence-electron chi connectivity index (χ2n) is 5.83. The van der Waals surface area contributed by atoms with Gasteiger partial charge >= 0.3 is 0 Å². The Labute approximate surface area is 126 Å². The number of halogens is 1. The Balaban J connectivity index is 1.86. The van der Waals surface area contributed by atoms with Gasteiger partial charge in [0.25, 0.3) is 0 Å². The van der Waals surface area contributed by atoms with E-state index in [1.807, 2.05) is 12.1 Å². The van der Waals surface area contributed by atoms with Gasteiger partial charge in [0.2, 0.25) is 5.91 Å². The quantitative estimate of drug-likeness (QED) is 0.843. The van der Waals surface area contributed by atoms with E-state index in [0.29, 0.717) is 6.54 Å². The first-order valence-corrected chi connectivity index (χ1v) is 7.39. The van der Waals surface area contributed by atoms with E-state index < -0.39 is 0 Å². The summed E-state index contributed by atoms with van der Waals surface area (Å²) in [5, 5.41) is 0. The SMILES string of the molecule is C[C@H](c1ccc(F)cc1)N1CCN(CC(=O)N(C)C)CC1. The molecule has 1 heterocycles. The Morgan fingerprint density at radius 1 is 1.19 bits per heavy atom. The molecule has 0 radical (unpaired) electrons. The molecule has 0 saturated carbocycles. The average Bonchev–Trinajstić information content (AvgIpc) is 2.48. The highest BCUT2D eigenvalue weighted by molar-refractivity contribution is 5.77. The Hall–Kier alpha value is -1.46. The summed E-state index contributed by atoms with van der Waals surface area (Å²) in [5.74, 6) is -0.0481. The maximum absolute atomic E-state index is 13.0. The third-order valence-corrected chi connectivity index (χ3v) is 4.16. The zero-order valence-electron chi connectivity index (χ0n) is 13.1. The van der Waals surface area contributed by atoms with Crippen molar-refractivity contribution in [3.63, 3.8) is 0 Å². The van der Waals surface area contributed by atoms with E-state index in [-0.39, 0.29) is 17.8 Å². The van der Waals surface area contributed by atoms with Crippen LogP contribution in [0.2, 0.25) is 0 Å². The summed E-state index contributed by atoms with van der Waals surface area (Å²) < 4.78 is 13.0. The molecule has 1 atom stereocenters. The van der Waals surface area contributed by atoms with Gasteiger partial charge in [0.1, 0.15) is 5.82 Å². The first-order chi connectivity index (χ1) is 9.97. The van der Waals surface area contributed by atoms with Gasteiger partial charge in [-0.2, -0.15) is 0 Å². The van der Waals surface area contributed by atoms with E-state index in [9.17, 15) is 9.18 Å². The number of carbonyl (C=O) groups is 1. The molecule has 1 fully saturated rings. The molecule has 0 aliphatic carbocycles. The van der Waals surface area contributed by atoms with Crippen molar-refractivity contribution in [2.45, 2.75) is 13.0 Å². The average molecular weight is 293 g/mol. The van der Waals surface area contributed by atoms with Crippen LogP contribution in [0.1, 0.15) is 18.5 Å². The van der Waals surface area contributed by atoms with Crippen LogP contribution in [0.5, 0.6) is 0 Å². The molecule has 1 aliphatic heterocycles. The minimum atomic E-state index is -0.196. The van der Waals surface area contributed by atoms with Crippen LogP contribution in [0, 0.1) is 5.82 Å². The van der Waals surface area contributed by atoms with Gasteiger partial charge in [-0.3, -0.25) is 14.6 Å². The van der Waals surface area contributed by atoms with Crippen LogP contribution in [0.25, 0.3) is 0 Å². The fraction of sp³-hybridized carbons (Fsp3) is 0.562. The molecule has 1 aliphatic rings. The molecule has 1 aromatic carbocycles. The van der Waals surface area contributed by atoms with Crippen molar-refractivity contribution < 1.29 is 9.18 Å². The van der Waals surface area contributed by atoms with Crippen molar-refractivity contribution in [3.05, 3.63) is 35.6 Å². The lowest BCUT2D eigenvalue weighted by molar-refractivity contribution is -0.130. The zero-order chi connectivity index (χ0) is 15.4. The van der Waals surface area contributed by atoms with Gasteiger partial charge in [-0.25, -0.2) is 4.39 Å². The smallest absolute Gasteiger partial charge is 0.236 e. The van der Waals surface area contributed by atoms with Crippen LogP contribution in [0.15, 0.2) is 24.3 Å². The van der Waals surface area contributed by atoms with E-state index in [1.165, 1.54) is 12.1 Å². The van der Waals surface area contributed by atoms with Crippen molar-refractivity contribution in [1.82, 2.24) is 14.7 Å². The predicted molar refractivity (Wildman–Crippen MR) is 81.5 cm³/mol. The van der Waals surface area contributed by atoms with Gasteiger partial charge < -0.3 is 4.90 Å². The maximum Gasteiger partial charge on any atom is 0.236 e. The van der Waals surface area contributed by atoms with Crippen LogP contribution in [-0.2, 0) is 4.79 Å². The predicted octanol–water partition coefficient (Wildman–Crippen LogP) is 1.59. The number of rotatable bonds is 4. The van der Waals surface area contributed by atoms with Crippen LogP contribution in [-0.4, -0.2) is 67.4 Å². The minimum Gasteiger partial charge on any atom is -0.348 e. The monoisotopic (exact) mass is 293 g/mol. The highest BCUT2D eigenvalue weighted by atomic mass is 19.1. The van der Waals surface area contributed by atoms with Crippen LogP contribution in [0.4, 0.5) is 4.39 Å². The normalized spacial score (nSPS) is 18.5. The van der Waals surface area contributed by atoms with Crippen LogP contribution >= 0.6 is 0 Å². The Morgan fingerprint density at radius 3 is 2.29 bits per heavy atom. The molecule has 4 nitrogen and oxygen atoms in total. The minimum absolute atomic E-state index is 0.148. The number of hydrogen-bond donors (Lipinski definition) is 0. The summed E-state index contributed by atoms with van der Waals surface area (Å²) in [7, 11) is 3.57. The molecule has 0 bridgehead atoms. The number of nitrogens with zero attached hydrogens (tertiary/aromatic N) is 3. The second-order valence-corrected chi connectivity index (χ2v) is 5.83. The molecule has 0 unspecified atom stereocenters. The molecule has 2 rings (SSSR count).